The standard InChI is InChI=1S/C28H36N2O7.ClH/c1-5-37-28(34)22(13-11-19-9-7-6-8-10-19)29-18(2)27(33)30(17-26(31)32)23-14-12-20-15-24(35-3)25(36-4)16-21(20)23;/h6-10,15-16,18,22-23,29H,5,11-14,17H2,1-4H3,(H,31,32);1H/t18-,22?,23?;/m0./s1. The van der Waals surface area contributed by atoms with E-state index in [0.29, 0.717) is 37.2 Å². The van der Waals surface area contributed by atoms with E-state index in [1.807, 2.05) is 42.5 Å². The number of hydrogen-bond acceptors (Lipinski definition) is 7. The predicted octanol–water partition coefficient (Wildman–Crippen LogP) is 3.57. The zero-order chi connectivity index (χ0) is 26.9. The third-order valence-corrected chi connectivity index (χ3v) is 6.61. The first kappa shape index (κ1) is 30.9. The van der Waals surface area contributed by atoms with Crippen molar-refractivity contribution in [3.8, 4) is 11.5 Å². The molecule has 0 saturated heterocycles. The topological polar surface area (TPSA) is 114 Å². The number of methoxy groups -OCH3 is 2. The molecule has 3 rings (SSSR count). The van der Waals surface area contributed by atoms with Crippen molar-refractivity contribution in [1.29, 1.82) is 0 Å². The van der Waals surface area contributed by atoms with Crippen LogP contribution in [0.4, 0.5) is 0 Å². The van der Waals surface area contributed by atoms with Gasteiger partial charge in [-0.15, -0.1) is 12.4 Å². The quantitative estimate of drug-likeness (QED) is 0.365. The third-order valence-electron chi connectivity index (χ3n) is 6.61. The number of fused-ring (bicyclic) bond motifs is 1. The molecule has 1 aliphatic carbocycles. The van der Waals surface area contributed by atoms with Crippen LogP contribution >= 0.6 is 12.4 Å². The third kappa shape index (κ3) is 7.61. The Balaban J connectivity index is 0.00000507. The Kier molecular flexibility index (Phi) is 11.9. The van der Waals surface area contributed by atoms with Crippen LogP contribution in [0.5, 0.6) is 11.5 Å². The van der Waals surface area contributed by atoms with E-state index < -0.39 is 42.5 Å². The van der Waals surface area contributed by atoms with Crippen LogP contribution in [0.3, 0.4) is 0 Å². The van der Waals surface area contributed by atoms with Crippen molar-refractivity contribution in [1.82, 2.24) is 10.2 Å². The molecule has 0 bridgehead atoms. The molecule has 0 heterocycles. The van der Waals surface area contributed by atoms with Gasteiger partial charge in [-0.05, 0) is 68.4 Å². The van der Waals surface area contributed by atoms with E-state index in [1.165, 1.54) is 12.0 Å². The zero-order valence-electron chi connectivity index (χ0n) is 22.3. The normalized spacial score (nSPS) is 15.4. The molecule has 0 aliphatic heterocycles. The fourth-order valence-corrected chi connectivity index (χ4v) is 4.81. The van der Waals surface area contributed by atoms with Gasteiger partial charge in [0.05, 0.1) is 32.9 Å². The van der Waals surface area contributed by atoms with Crippen molar-refractivity contribution < 1.29 is 33.7 Å². The summed E-state index contributed by atoms with van der Waals surface area (Å²) in [6, 6.07) is 11.5. The first-order chi connectivity index (χ1) is 17.8. The lowest BCUT2D eigenvalue weighted by molar-refractivity contribution is -0.149. The van der Waals surface area contributed by atoms with E-state index in [-0.39, 0.29) is 19.0 Å². The number of carboxylic acid groups (broad SMARTS) is 1. The second-order valence-electron chi connectivity index (χ2n) is 9.04. The molecule has 1 aliphatic rings. The number of halogens is 1. The number of amides is 1. The maximum absolute atomic E-state index is 13.6. The van der Waals surface area contributed by atoms with Crippen LogP contribution in [0.25, 0.3) is 0 Å². The number of carbonyl (C=O) groups excluding carboxylic acids is 2. The van der Waals surface area contributed by atoms with E-state index in [0.717, 1.165) is 16.7 Å². The molecule has 0 radical (unpaired) electrons. The molecule has 10 heteroatoms. The number of carbonyl (C=O) groups is 3. The molecule has 38 heavy (non-hydrogen) atoms. The van der Waals surface area contributed by atoms with Crippen LogP contribution in [-0.2, 0) is 32.0 Å². The van der Waals surface area contributed by atoms with E-state index >= 15 is 0 Å². The van der Waals surface area contributed by atoms with Crippen LogP contribution in [0.15, 0.2) is 42.5 Å². The van der Waals surface area contributed by atoms with Gasteiger partial charge < -0.3 is 24.2 Å². The fourth-order valence-electron chi connectivity index (χ4n) is 4.81. The van der Waals surface area contributed by atoms with Gasteiger partial charge >= 0.3 is 11.9 Å². The maximum atomic E-state index is 13.6. The molecular weight excluding hydrogens is 512 g/mol. The van der Waals surface area contributed by atoms with Gasteiger partial charge in [0, 0.05) is 0 Å². The van der Waals surface area contributed by atoms with Crippen LogP contribution in [0, 0.1) is 0 Å². The molecule has 2 aromatic carbocycles. The van der Waals surface area contributed by atoms with Crippen molar-refractivity contribution in [3.63, 3.8) is 0 Å². The van der Waals surface area contributed by atoms with Crippen molar-refractivity contribution in [2.45, 2.75) is 57.7 Å². The first-order valence-electron chi connectivity index (χ1n) is 12.5. The highest BCUT2D eigenvalue weighted by atomic mass is 35.5. The number of nitrogens with zero attached hydrogens (tertiary/aromatic N) is 1. The summed E-state index contributed by atoms with van der Waals surface area (Å²) in [5, 5.41) is 12.7. The molecule has 0 spiro atoms. The number of nitrogens with one attached hydrogen (secondary N) is 1. The summed E-state index contributed by atoms with van der Waals surface area (Å²) in [6.07, 6.45) is 2.30. The number of aliphatic carboxylic acids is 1. The molecule has 0 fully saturated rings. The predicted molar refractivity (Wildman–Crippen MR) is 145 cm³/mol. The number of hydrogen-bond donors (Lipinski definition) is 2. The molecule has 0 saturated carbocycles. The van der Waals surface area contributed by atoms with Crippen LogP contribution in [-0.4, -0.2) is 67.3 Å². The van der Waals surface area contributed by atoms with E-state index in [4.69, 9.17) is 14.2 Å². The second-order valence-corrected chi connectivity index (χ2v) is 9.04. The Morgan fingerprint density at radius 3 is 2.37 bits per heavy atom. The lowest BCUT2D eigenvalue weighted by Crippen LogP contribution is -2.52. The molecule has 3 atom stereocenters. The van der Waals surface area contributed by atoms with Gasteiger partial charge in [-0.2, -0.15) is 0 Å². The smallest absolute Gasteiger partial charge is 0.323 e. The van der Waals surface area contributed by atoms with Gasteiger partial charge in [-0.1, -0.05) is 30.3 Å². The lowest BCUT2D eigenvalue weighted by Gasteiger charge is -2.32. The van der Waals surface area contributed by atoms with E-state index in [1.54, 1.807) is 21.0 Å². The SMILES string of the molecule is CCOC(=O)C(CCc1ccccc1)N[C@@H](C)C(=O)N(CC(=O)O)C1CCc2cc(OC)c(OC)cc21.Cl. The van der Waals surface area contributed by atoms with Gasteiger partial charge in [0.2, 0.25) is 5.91 Å². The summed E-state index contributed by atoms with van der Waals surface area (Å²) in [5.41, 5.74) is 2.89. The number of ether oxygens (including phenoxy) is 3. The van der Waals surface area contributed by atoms with Crippen molar-refractivity contribution >= 4 is 30.3 Å². The summed E-state index contributed by atoms with van der Waals surface area (Å²) in [6.45, 7) is 3.14. The summed E-state index contributed by atoms with van der Waals surface area (Å²) in [7, 11) is 3.09. The number of aryl methyl sites for hydroxylation is 2. The Morgan fingerprint density at radius 1 is 1.11 bits per heavy atom. The summed E-state index contributed by atoms with van der Waals surface area (Å²) in [5.74, 6) is -0.843. The Morgan fingerprint density at radius 2 is 1.76 bits per heavy atom. The molecule has 208 valence electrons. The minimum atomic E-state index is -1.11. The largest absolute Gasteiger partial charge is 0.493 e. The van der Waals surface area contributed by atoms with E-state index in [9.17, 15) is 19.5 Å². The summed E-state index contributed by atoms with van der Waals surface area (Å²) < 4.78 is 16.1. The Hall–Kier alpha value is -3.30. The van der Waals surface area contributed by atoms with Crippen LogP contribution in [0.1, 0.15) is 49.4 Å². The molecule has 2 aromatic rings. The van der Waals surface area contributed by atoms with Gasteiger partial charge in [-0.25, -0.2) is 0 Å². The highest BCUT2D eigenvalue weighted by molar-refractivity contribution is 5.87. The summed E-state index contributed by atoms with van der Waals surface area (Å²) >= 11 is 0. The van der Waals surface area contributed by atoms with Crippen LogP contribution in [0.2, 0.25) is 0 Å². The minimum Gasteiger partial charge on any atom is -0.493 e. The van der Waals surface area contributed by atoms with Gasteiger partial charge in [0.1, 0.15) is 12.6 Å². The highest BCUT2D eigenvalue weighted by Gasteiger charge is 2.36. The van der Waals surface area contributed by atoms with Crippen molar-refractivity contribution in [3.05, 3.63) is 59.2 Å². The Labute approximate surface area is 229 Å². The number of rotatable bonds is 13. The fraction of sp³-hybridized carbons (Fsp3) is 0.464. The molecular formula is C28H37ClN2O7. The highest BCUT2D eigenvalue weighted by Crippen LogP contribution is 2.42. The average molecular weight is 549 g/mol. The molecule has 2 N–H and O–H groups in total. The minimum absolute atomic E-state index is 0. The average Bonchev–Trinajstić information content (AvgIpc) is 3.31. The molecule has 0 aromatic heterocycles. The second kappa shape index (κ2) is 14.6. The van der Waals surface area contributed by atoms with Crippen LogP contribution < -0.4 is 14.8 Å². The monoisotopic (exact) mass is 548 g/mol. The molecule has 2 unspecified atom stereocenters. The number of esters is 1. The lowest BCUT2D eigenvalue weighted by atomic mass is 10.0. The van der Waals surface area contributed by atoms with E-state index in [2.05, 4.69) is 5.32 Å². The molecule has 9 nitrogen and oxygen atoms in total. The number of benzene rings is 2. The maximum Gasteiger partial charge on any atom is 0.323 e. The van der Waals surface area contributed by atoms with Gasteiger partial charge in [0.15, 0.2) is 11.5 Å². The van der Waals surface area contributed by atoms with Crippen molar-refractivity contribution in [2.75, 3.05) is 27.4 Å². The zero-order valence-corrected chi connectivity index (χ0v) is 23.1. The molecule has 1 amide bonds. The first-order valence-corrected chi connectivity index (χ1v) is 12.5. The number of carboxylic acids is 1. The van der Waals surface area contributed by atoms with Gasteiger partial charge in [-0.3, -0.25) is 19.7 Å². The van der Waals surface area contributed by atoms with Crippen molar-refractivity contribution in [2.24, 2.45) is 0 Å². The Bertz CT molecular complexity index is 1100. The van der Waals surface area contributed by atoms with Gasteiger partial charge in [0.25, 0.3) is 0 Å². The summed E-state index contributed by atoms with van der Waals surface area (Å²) in [4.78, 5) is 39.5.